The molecule has 0 nitrogen and oxygen atoms in total. The zero-order chi connectivity index (χ0) is 48.1. The van der Waals surface area contributed by atoms with Gasteiger partial charge in [0.1, 0.15) is 0 Å². The van der Waals surface area contributed by atoms with Crippen LogP contribution >= 0.6 is 0 Å². The van der Waals surface area contributed by atoms with Crippen molar-refractivity contribution in [3.63, 3.8) is 0 Å². The van der Waals surface area contributed by atoms with Crippen molar-refractivity contribution in [3.05, 3.63) is 182 Å². The number of hydrogen-bond acceptors (Lipinski definition) is 0. The summed E-state index contributed by atoms with van der Waals surface area (Å²) in [6.07, 6.45) is 0. The highest BCUT2D eigenvalue weighted by atomic mass is 14.2. The molecule has 10 aromatic carbocycles. The molecule has 0 atom stereocenters. The van der Waals surface area contributed by atoms with Crippen molar-refractivity contribution < 1.29 is 26.0 Å². The molecule has 0 heterocycles. The Labute approximate surface area is 306 Å². The Bertz CT molecular complexity index is 3880. The standard InChI is InChI=1S/C48H30/c1-2-9-37-29-39(22-15-31(37)7-1)38-11-5-12-40(30-38)44-26-24-36-21-20-35-23-25-43(45-27-28-46(44)48(36)47(35)45)34-18-16-33(17-19-34)42-14-6-10-32-8-3-4-13-41(32)42/h1-30H/i3D,4D,6D,8D,10D,13D,14D,16D,17D,18D,19D,20D,21D,23D,24D,25D,26D,27D,28D. The van der Waals surface area contributed by atoms with Crippen LogP contribution < -0.4 is 0 Å². The van der Waals surface area contributed by atoms with Gasteiger partial charge in [-0.05, 0) is 111 Å². The van der Waals surface area contributed by atoms with Crippen molar-refractivity contribution in [2.75, 3.05) is 0 Å². The first-order chi connectivity index (χ1) is 31.7. The van der Waals surface area contributed by atoms with E-state index in [-0.39, 0.29) is 37.9 Å². The number of hydrogen-bond donors (Lipinski definition) is 0. The summed E-state index contributed by atoms with van der Waals surface area (Å²) in [7, 11) is 0. The maximum atomic E-state index is 9.62. The Morgan fingerprint density at radius 2 is 0.875 bits per heavy atom. The van der Waals surface area contributed by atoms with Crippen LogP contribution in [0.15, 0.2) is 182 Å². The van der Waals surface area contributed by atoms with E-state index >= 15 is 0 Å². The van der Waals surface area contributed by atoms with Gasteiger partial charge in [-0.15, -0.1) is 0 Å². The maximum absolute atomic E-state index is 9.62. The van der Waals surface area contributed by atoms with E-state index in [9.17, 15) is 13.7 Å². The van der Waals surface area contributed by atoms with Gasteiger partial charge in [0.2, 0.25) is 0 Å². The van der Waals surface area contributed by atoms with Crippen LogP contribution in [0.2, 0.25) is 0 Å². The summed E-state index contributed by atoms with van der Waals surface area (Å²) in [6.45, 7) is 0. The molecular formula is C48H30. The lowest BCUT2D eigenvalue weighted by atomic mass is 9.86. The molecule has 0 spiro atoms. The van der Waals surface area contributed by atoms with Crippen molar-refractivity contribution in [2.24, 2.45) is 0 Å². The van der Waals surface area contributed by atoms with Gasteiger partial charge in [0.05, 0.1) is 26.0 Å². The Kier molecular flexibility index (Phi) is 3.17. The summed E-state index contributed by atoms with van der Waals surface area (Å²) in [4.78, 5) is 0. The van der Waals surface area contributed by atoms with E-state index < -0.39 is 148 Å². The summed E-state index contributed by atoms with van der Waals surface area (Å²) in [6, 6.07) is 7.22. The minimum absolute atomic E-state index is 0.0429. The van der Waals surface area contributed by atoms with Gasteiger partial charge in [0.15, 0.2) is 0 Å². The fraction of sp³-hybridized carbons (Fsp3) is 0. The van der Waals surface area contributed by atoms with Crippen LogP contribution in [0.1, 0.15) is 26.0 Å². The Morgan fingerprint density at radius 3 is 1.62 bits per heavy atom. The zero-order valence-electron chi connectivity index (χ0n) is 43.9. The highest BCUT2D eigenvalue weighted by Crippen LogP contribution is 2.43. The Balaban J connectivity index is 1.32. The first kappa shape index (κ1) is 14.3. The third-order valence-corrected chi connectivity index (χ3v) is 8.67. The van der Waals surface area contributed by atoms with Crippen LogP contribution in [0, 0.1) is 0 Å². The molecule has 0 aliphatic carbocycles. The second kappa shape index (κ2) is 10.7. The molecule has 48 heavy (non-hydrogen) atoms. The first-order valence-electron chi connectivity index (χ1n) is 24.6. The maximum Gasteiger partial charge on any atom is 0.0630 e. The molecule has 0 amide bonds. The monoisotopic (exact) mass is 625 g/mol. The van der Waals surface area contributed by atoms with Crippen LogP contribution in [0.3, 0.4) is 0 Å². The van der Waals surface area contributed by atoms with Crippen molar-refractivity contribution >= 4 is 53.9 Å². The Hall–Kier alpha value is -6.24. The van der Waals surface area contributed by atoms with Crippen LogP contribution in [-0.2, 0) is 0 Å². The molecule has 0 aromatic heterocycles. The predicted octanol–water partition coefficient (Wildman–Crippen LogP) is 13.6. The van der Waals surface area contributed by atoms with Gasteiger partial charge in [0, 0.05) is 0 Å². The van der Waals surface area contributed by atoms with Gasteiger partial charge in [-0.25, -0.2) is 0 Å². The van der Waals surface area contributed by atoms with Crippen LogP contribution in [0.5, 0.6) is 0 Å². The van der Waals surface area contributed by atoms with Gasteiger partial charge in [-0.3, -0.25) is 0 Å². The highest BCUT2D eigenvalue weighted by molar-refractivity contribution is 6.27. The number of benzene rings is 10. The molecule has 10 aromatic rings. The van der Waals surface area contributed by atoms with E-state index in [4.69, 9.17) is 12.3 Å². The Morgan fingerprint density at radius 1 is 0.292 bits per heavy atom. The largest absolute Gasteiger partial charge is 0.0630 e. The van der Waals surface area contributed by atoms with Gasteiger partial charge >= 0.3 is 0 Å². The third-order valence-electron chi connectivity index (χ3n) is 8.67. The molecule has 0 radical (unpaired) electrons. The molecule has 0 saturated carbocycles. The van der Waals surface area contributed by atoms with E-state index in [0.717, 1.165) is 21.9 Å². The third kappa shape index (κ3) is 4.24. The lowest BCUT2D eigenvalue weighted by Crippen LogP contribution is -1.90. The topological polar surface area (TPSA) is 0 Å². The minimum atomic E-state index is -0.889. The predicted molar refractivity (Wildman–Crippen MR) is 207 cm³/mol. The van der Waals surface area contributed by atoms with Gasteiger partial charge in [0.25, 0.3) is 0 Å². The minimum Gasteiger partial charge on any atom is -0.0616 e. The molecule has 0 N–H and O–H groups in total. The molecule has 10 rings (SSSR count). The molecule has 0 unspecified atom stereocenters. The first-order valence-corrected chi connectivity index (χ1v) is 15.1. The van der Waals surface area contributed by atoms with Crippen molar-refractivity contribution in [2.45, 2.75) is 0 Å². The van der Waals surface area contributed by atoms with Crippen molar-refractivity contribution in [1.82, 2.24) is 0 Å². The lowest BCUT2D eigenvalue weighted by molar-refractivity contribution is 1.62. The molecule has 0 bridgehead atoms. The summed E-state index contributed by atoms with van der Waals surface area (Å²) < 4.78 is 172. The molecule has 0 fully saturated rings. The van der Waals surface area contributed by atoms with E-state index in [1.54, 1.807) is 18.2 Å². The number of fused-ring (bicyclic) bond motifs is 2. The number of rotatable bonds is 4. The van der Waals surface area contributed by atoms with Crippen LogP contribution in [0.4, 0.5) is 0 Å². The highest BCUT2D eigenvalue weighted by Gasteiger charge is 2.16. The van der Waals surface area contributed by atoms with Gasteiger partial charge < -0.3 is 0 Å². The molecule has 222 valence electrons. The summed E-state index contributed by atoms with van der Waals surface area (Å²) in [5.41, 5.74) is -0.363. The second-order valence-corrected chi connectivity index (χ2v) is 11.4. The van der Waals surface area contributed by atoms with Gasteiger partial charge in [-0.1, -0.05) is 169 Å². The summed E-state index contributed by atoms with van der Waals surface area (Å²) in [5.74, 6) is 0. The lowest BCUT2D eigenvalue weighted by Gasteiger charge is -2.17. The molecule has 0 aliphatic rings. The smallest absolute Gasteiger partial charge is 0.0616 e. The SMILES string of the molecule is [2H]c1c([2H])c(-c2c([2H])c([2H])c3c([2H])c([2H])c4c([2H])c([2H])c(-c5cccc(-c6ccc7ccccc7c6)c5)c5c([2H])c([2H])c2c3c45)c([2H])c([2H])c1-c1c([2H])c([2H])c([2H])c2c([2H])c([2H])c([2H])c([2H])c12. The zero-order valence-corrected chi connectivity index (χ0v) is 24.9. The molecular weight excluding hydrogens is 577 g/mol. The fourth-order valence-electron chi connectivity index (χ4n) is 6.38. The van der Waals surface area contributed by atoms with Crippen LogP contribution in [0.25, 0.3) is 98.4 Å². The van der Waals surface area contributed by atoms with Crippen molar-refractivity contribution in [1.29, 1.82) is 0 Å². The second-order valence-electron chi connectivity index (χ2n) is 11.4. The van der Waals surface area contributed by atoms with Crippen LogP contribution in [-0.4, -0.2) is 0 Å². The summed E-state index contributed by atoms with van der Waals surface area (Å²) >= 11 is 0. The van der Waals surface area contributed by atoms with E-state index in [2.05, 4.69) is 0 Å². The van der Waals surface area contributed by atoms with E-state index in [1.807, 2.05) is 48.5 Å². The van der Waals surface area contributed by atoms with Crippen molar-refractivity contribution in [3.8, 4) is 44.5 Å². The average molecular weight is 626 g/mol. The molecule has 0 saturated heterocycles. The quantitative estimate of drug-likeness (QED) is 0.171. The molecule has 0 heteroatoms. The summed E-state index contributed by atoms with van der Waals surface area (Å²) in [5, 5.41) is -0.0894. The average Bonchev–Trinajstić information content (AvgIpc) is 3.32. The van der Waals surface area contributed by atoms with E-state index in [0.29, 0.717) is 5.56 Å². The van der Waals surface area contributed by atoms with E-state index in [1.165, 1.54) is 0 Å². The fourth-order valence-corrected chi connectivity index (χ4v) is 6.38. The molecule has 0 aliphatic heterocycles. The normalized spacial score (nSPS) is 17.3. The van der Waals surface area contributed by atoms with Gasteiger partial charge in [-0.2, -0.15) is 0 Å².